The van der Waals surface area contributed by atoms with Gasteiger partial charge in [0.2, 0.25) is 11.9 Å². The summed E-state index contributed by atoms with van der Waals surface area (Å²) in [6, 6.07) is 3.39. The van der Waals surface area contributed by atoms with Gasteiger partial charge in [0.25, 0.3) is 5.91 Å². The van der Waals surface area contributed by atoms with Crippen LogP contribution in [0.5, 0.6) is 0 Å². The van der Waals surface area contributed by atoms with Crippen molar-refractivity contribution in [2.45, 2.75) is 18.9 Å². The first kappa shape index (κ1) is 17.1. The highest BCUT2D eigenvalue weighted by molar-refractivity contribution is 7.12. The van der Waals surface area contributed by atoms with E-state index in [0.717, 1.165) is 31.9 Å². The van der Waals surface area contributed by atoms with Crippen molar-refractivity contribution in [3.05, 3.63) is 34.8 Å². The van der Waals surface area contributed by atoms with Crippen molar-refractivity contribution in [1.29, 1.82) is 0 Å². The highest BCUT2D eigenvalue weighted by Crippen LogP contribution is 2.24. The van der Waals surface area contributed by atoms with Gasteiger partial charge < -0.3 is 19.3 Å². The molecule has 2 aromatic rings. The fourth-order valence-electron chi connectivity index (χ4n) is 3.81. The van der Waals surface area contributed by atoms with Gasteiger partial charge in [0.05, 0.1) is 4.88 Å². The Kier molecular flexibility index (Phi) is 4.67. The molecule has 2 aliphatic rings. The summed E-state index contributed by atoms with van der Waals surface area (Å²) in [6.45, 7) is 3.54. The number of likely N-dealkylation sites (tertiary alicyclic amines) is 1. The molecule has 0 radical (unpaired) electrons. The van der Waals surface area contributed by atoms with Gasteiger partial charge in [-0.2, -0.15) is 0 Å². The van der Waals surface area contributed by atoms with E-state index in [-0.39, 0.29) is 17.9 Å². The first-order chi connectivity index (χ1) is 12.6. The highest BCUT2D eigenvalue weighted by Gasteiger charge is 2.38. The number of anilines is 1. The number of carbonyl (C=O) groups excluding carboxylic acids is 2. The Morgan fingerprint density at radius 3 is 2.65 bits per heavy atom. The molecule has 0 saturated carbocycles. The van der Waals surface area contributed by atoms with E-state index in [1.165, 1.54) is 11.3 Å². The maximum atomic E-state index is 13.0. The SMILES string of the molecule is Cn1ccnc1N1CCN(C(=O)[C@@H]2CCCN2C(=O)c2cccs2)CC1. The van der Waals surface area contributed by atoms with Gasteiger partial charge in [-0.1, -0.05) is 6.07 Å². The van der Waals surface area contributed by atoms with Crippen molar-refractivity contribution in [1.82, 2.24) is 19.4 Å². The number of aromatic nitrogens is 2. The Hall–Kier alpha value is -2.35. The number of hydrogen-bond acceptors (Lipinski definition) is 5. The number of hydrogen-bond donors (Lipinski definition) is 0. The van der Waals surface area contributed by atoms with Crippen molar-refractivity contribution >= 4 is 29.1 Å². The molecule has 0 N–H and O–H groups in total. The molecule has 0 spiro atoms. The van der Waals surface area contributed by atoms with Crippen molar-refractivity contribution in [3.8, 4) is 0 Å². The summed E-state index contributed by atoms with van der Waals surface area (Å²) in [5.74, 6) is 1.02. The van der Waals surface area contributed by atoms with Gasteiger partial charge in [0, 0.05) is 52.2 Å². The van der Waals surface area contributed by atoms with E-state index in [0.29, 0.717) is 24.5 Å². The van der Waals surface area contributed by atoms with Gasteiger partial charge in [0.15, 0.2) is 0 Å². The number of aryl methyl sites for hydroxylation is 1. The van der Waals surface area contributed by atoms with Crippen LogP contribution in [0.15, 0.2) is 29.9 Å². The summed E-state index contributed by atoms with van der Waals surface area (Å²) in [4.78, 5) is 36.7. The minimum Gasteiger partial charge on any atom is -0.339 e. The molecule has 7 nitrogen and oxygen atoms in total. The van der Waals surface area contributed by atoms with Gasteiger partial charge in [-0.3, -0.25) is 9.59 Å². The average Bonchev–Trinajstić information content (AvgIpc) is 3.42. The molecule has 2 fully saturated rings. The highest BCUT2D eigenvalue weighted by atomic mass is 32.1. The van der Waals surface area contributed by atoms with Crippen LogP contribution >= 0.6 is 11.3 Å². The number of rotatable bonds is 3. The van der Waals surface area contributed by atoms with Crippen molar-refractivity contribution < 1.29 is 9.59 Å². The van der Waals surface area contributed by atoms with Crippen LogP contribution < -0.4 is 4.90 Å². The molecule has 2 aromatic heterocycles. The molecular formula is C18H23N5O2S. The normalized spacial score (nSPS) is 20.7. The van der Waals surface area contributed by atoms with Crippen LogP contribution in [0.2, 0.25) is 0 Å². The van der Waals surface area contributed by atoms with Crippen LogP contribution in [0.1, 0.15) is 22.5 Å². The van der Waals surface area contributed by atoms with E-state index < -0.39 is 0 Å². The van der Waals surface area contributed by atoms with E-state index in [9.17, 15) is 9.59 Å². The maximum Gasteiger partial charge on any atom is 0.264 e. The Morgan fingerprint density at radius 1 is 1.19 bits per heavy atom. The summed E-state index contributed by atoms with van der Waals surface area (Å²) in [6.07, 6.45) is 5.37. The number of nitrogens with zero attached hydrogens (tertiary/aromatic N) is 5. The van der Waals surface area contributed by atoms with Crippen LogP contribution in [-0.2, 0) is 11.8 Å². The second-order valence-corrected chi connectivity index (χ2v) is 7.73. The van der Waals surface area contributed by atoms with Crippen LogP contribution in [0, 0.1) is 0 Å². The van der Waals surface area contributed by atoms with Crippen molar-refractivity contribution in [2.24, 2.45) is 7.05 Å². The summed E-state index contributed by atoms with van der Waals surface area (Å²) >= 11 is 1.44. The first-order valence-electron chi connectivity index (χ1n) is 9.00. The van der Waals surface area contributed by atoms with Gasteiger partial charge in [-0.05, 0) is 24.3 Å². The minimum absolute atomic E-state index is 0.0116. The Bertz CT molecular complexity index is 779. The lowest BCUT2D eigenvalue weighted by atomic mass is 10.1. The number of piperazine rings is 1. The predicted octanol–water partition coefficient (Wildman–Crippen LogP) is 1.43. The zero-order valence-electron chi connectivity index (χ0n) is 14.9. The lowest BCUT2D eigenvalue weighted by molar-refractivity contribution is -0.135. The van der Waals surface area contributed by atoms with E-state index >= 15 is 0 Å². The molecule has 2 aliphatic heterocycles. The molecule has 0 unspecified atom stereocenters. The van der Waals surface area contributed by atoms with Crippen LogP contribution in [0.25, 0.3) is 0 Å². The molecule has 138 valence electrons. The fourth-order valence-corrected chi connectivity index (χ4v) is 4.49. The molecule has 1 atom stereocenters. The minimum atomic E-state index is -0.315. The topological polar surface area (TPSA) is 61.7 Å². The number of imidazole rings is 1. The molecule has 0 bridgehead atoms. The van der Waals surface area contributed by atoms with E-state index in [4.69, 9.17) is 0 Å². The van der Waals surface area contributed by atoms with E-state index in [1.807, 2.05) is 40.2 Å². The molecular weight excluding hydrogens is 350 g/mol. The lowest BCUT2D eigenvalue weighted by Gasteiger charge is -2.37. The zero-order valence-corrected chi connectivity index (χ0v) is 15.7. The molecule has 4 rings (SSSR count). The van der Waals surface area contributed by atoms with Gasteiger partial charge in [-0.15, -0.1) is 11.3 Å². The second-order valence-electron chi connectivity index (χ2n) is 6.78. The van der Waals surface area contributed by atoms with Crippen LogP contribution in [0.3, 0.4) is 0 Å². The number of thiophene rings is 1. The van der Waals surface area contributed by atoms with Gasteiger partial charge in [0.1, 0.15) is 6.04 Å². The number of amides is 2. The predicted molar refractivity (Wildman–Crippen MR) is 100 cm³/mol. The molecule has 2 amide bonds. The Morgan fingerprint density at radius 2 is 2.00 bits per heavy atom. The molecule has 26 heavy (non-hydrogen) atoms. The largest absolute Gasteiger partial charge is 0.339 e. The van der Waals surface area contributed by atoms with Gasteiger partial charge >= 0.3 is 0 Å². The molecule has 2 saturated heterocycles. The third-order valence-electron chi connectivity index (χ3n) is 5.20. The zero-order chi connectivity index (χ0) is 18.1. The molecule has 8 heteroatoms. The summed E-state index contributed by atoms with van der Waals surface area (Å²) in [5.41, 5.74) is 0. The molecule has 0 aromatic carbocycles. The third kappa shape index (κ3) is 3.09. The molecule has 0 aliphatic carbocycles. The van der Waals surface area contributed by atoms with E-state index in [2.05, 4.69) is 9.88 Å². The summed E-state index contributed by atoms with van der Waals surface area (Å²) in [7, 11) is 1.98. The van der Waals surface area contributed by atoms with Crippen LogP contribution in [0.4, 0.5) is 5.95 Å². The lowest BCUT2D eigenvalue weighted by Crippen LogP contribution is -2.54. The van der Waals surface area contributed by atoms with Crippen molar-refractivity contribution in [3.63, 3.8) is 0 Å². The first-order valence-corrected chi connectivity index (χ1v) is 9.88. The Balaban J connectivity index is 1.40. The monoisotopic (exact) mass is 373 g/mol. The maximum absolute atomic E-state index is 13.0. The summed E-state index contributed by atoms with van der Waals surface area (Å²) < 4.78 is 2.00. The second kappa shape index (κ2) is 7.11. The number of carbonyl (C=O) groups is 2. The smallest absolute Gasteiger partial charge is 0.264 e. The fraction of sp³-hybridized carbons (Fsp3) is 0.500. The van der Waals surface area contributed by atoms with E-state index in [1.54, 1.807) is 11.1 Å². The van der Waals surface area contributed by atoms with Crippen molar-refractivity contribution in [2.75, 3.05) is 37.6 Å². The Labute approximate surface area is 156 Å². The quantitative estimate of drug-likeness (QED) is 0.817. The van der Waals surface area contributed by atoms with Gasteiger partial charge in [-0.25, -0.2) is 4.98 Å². The third-order valence-corrected chi connectivity index (χ3v) is 6.06. The molecule has 4 heterocycles. The van der Waals surface area contributed by atoms with Crippen LogP contribution in [-0.4, -0.2) is 69.9 Å². The standard InChI is InChI=1S/C18H23N5O2S/c1-20-8-6-19-18(20)22-11-9-21(10-12-22)16(24)14-4-2-7-23(14)17(25)15-5-3-13-26-15/h3,5-6,8,13-14H,2,4,7,9-12H2,1H3/t14-/m0/s1. The average molecular weight is 373 g/mol. The summed E-state index contributed by atoms with van der Waals surface area (Å²) in [5, 5.41) is 1.90.